The molecule has 8 rings (SSSR count). The average molecular weight is 730 g/mol. The fourth-order valence-corrected chi connectivity index (χ4v) is 9.26. The van der Waals surface area contributed by atoms with E-state index in [9.17, 15) is 10.2 Å². The molecule has 2 N–H and O–H groups in total. The van der Waals surface area contributed by atoms with Gasteiger partial charge in [-0.1, -0.05) is 18.4 Å². The van der Waals surface area contributed by atoms with Crippen molar-refractivity contribution in [1.82, 2.24) is 19.9 Å². The van der Waals surface area contributed by atoms with Gasteiger partial charge < -0.3 is 34.1 Å². The lowest BCUT2D eigenvalue weighted by Crippen LogP contribution is -2.56. The van der Waals surface area contributed by atoms with Crippen LogP contribution in [0.2, 0.25) is 0 Å². The second-order valence-electron chi connectivity index (χ2n) is 15.2. The Morgan fingerprint density at radius 3 is 2.62 bits per heavy atom. The summed E-state index contributed by atoms with van der Waals surface area (Å²) in [5.74, 6) is 0.938. The first kappa shape index (κ1) is 35.7. The van der Waals surface area contributed by atoms with E-state index in [0.29, 0.717) is 30.6 Å². The summed E-state index contributed by atoms with van der Waals surface area (Å²) in [5, 5.41) is 22.7. The molecule has 2 aromatic carbocycles. The lowest BCUT2D eigenvalue weighted by atomic mass is 9.74. The van der Waals surface area contributed by atoms with Gasteiger partial charge in [0.2, 0.25) is 5.88 Å². The Hall–Kier alpha value is -4.35. The number of terminal acetylenes is 1. The van der Waals surface area contributed by atoms with Crippen LogP contribution in [0.1, 0.15) is 57.4 Å². The Morgan fingerprint density at radius 1 is 1.02 bits per heavy atom. The maximum absolute atomic E-state index is 17.3. The minimum atomic E-state index is -1.24. The van der Waals surface area contributed by atoms with E-state index in [1.165, 1.54) is 31.4 Å². The number of aromatic hydroxyl groups is 1. The quantitative estimate of drug-likeness (QED) is 0.231. The minimum absolute atomic E-state index is 0.00764. The number of phenols is 1. The molecule has 11 nitrogen and oxygen atoms in total. The molecule has 4 aromatic rings. The van der Waals surface area contributed by atoms with E-state index in [1.54, 1.807) is 6.92 Å². The largest absolute Gasteiger partial charge is 0.508 e. The van der Waals surface area contributed by atoms with Crippen molar-refractivity contribution in [1.29, 1.82) is 0 Å². The van der Waals surface area contributed by atoms with Crippen LogP contribution in [0.5, 0.6) is 17.6 Å². The number of benzene rings is 2. The lowest BCUT2D eigenvalue weighted by molar-refractivity contribution is -0.0511. The number of rotatable bonds is 7. The fraction of sp³-hybridized carbons (Fsp3) is 0.525. The summed E-state index contributed by atoms with van der Waals surface area (Å²) in [6.07, 6.45) is 13.1. The number of nitrogens with zero attached hydrogens (tertiary/aromatic N) is 5. The molecule has 0 radical (unpaired) electrons. The molecule has 3 saturated heterocycles. The van der Waals surface area contributed by atoms with Gasteiger partial charge in [-0.2, -0.15) is 9.97 Å². The highest BCUT2D eigenvalue weighted by atomic mass is 19.1. The number of aromatic nitrogens is 3. The number of methoxy groups -OCH3 is 1. The van der Waals surface area contributed by atoms with Crippen LogP contribution in [0.25, 0.3) is 32.9 Å². The minimum Gasteiger partial charge on any atom is -0.508 e. The van der Waals surface area contributed by atoms with E-state index in [0.717, 1.165) is 64.7 Å². The van der Waals surface area contributed by atoms with Crippen molar-refractivity contribution >= 4 is 27.5 Å². The Balaban J connectivity index is 1.27. The number of fused-ring (bicyclic) bond motifs is 3. The summed E-state index contributed by atoms with van der Waals surface area (Å²) >= 11 is 0. The topological polar surface area (TPSA) is 123 Å². The number of hydrogen-bond acceptors (Lipinski definition) is 11. The molecule has 3 atom stereocenters. The van der Waals surface area contributed by atoms with Crippen molar-refractivity contribution < 1.29 is 37.9 Å². The van der Waals surface area contributed by atoms with Crippen molar-refractivity contribution in [2.45, 2.75) is 69.6 Å². The van der Waals surface area contributed by atoms with Gasteiger partial charge in [-0.25, -0.2) is 13.8 Å². The maximum atomic E-state index is 17.3. The molecule has 0 bridgehead atoms. The summed E-state index contributed by atoms with van der Waals surface area (Å²) in [5.41, 5.74) is -1.75. The molecule has 4 aliphatic rings. The summed E-state index contributed by atoms with van der Waals surface area (Å²) < 4.78 is 56.1. The zero-order valence-electron chi connectivity index (χ0n) is 30.2. The summed E-state index contributed by atoms with van der Waals surface area (Å²) in [6, 6.07) is 6.22. The molecular formula is C40H45F2N5O6. The first-order valence-electron chi connectivity index (χ1n) is 18.5. The second kappa shape index (κ2) is 14.1. The molecule has 0 unspecified atom stereocenters. The number of anilines is 1. The zero-order valence-corrected chi connectivity index (χ0v) is 30.2. The third kappa shape index (κ3) is 6.49. The molecule has 2 aromatic heterocycles. The molecule has 0 spiro atoms. The SMILES string of the molecule is C#Cc1c(F)ccc2cc(O)cc(-c3nc(OC)c4c(N5CCOC[C@@](C)(O)C5)nc(OC[C@]56CCC[C@H]5N(C5CCOCC5)CCC6)nc4c3F)c12. The van der Waals surface area contributed by atoms with Gasteiger partial charge in [0.15, 0.2) is 5.82 Å². The lowest BCUT2D eigenvalue weighted by Gasteiger charge is -2.50. The van der Waals surface area contributed by atoms with E-state index in [2.05, 4.69) is 15.8 Å². The van der Waals surface area contributed by atoms with Crippen LogP contribution in [0.4, 0.5) is 14.6 Å². The number of ether oxygens (including phenoxy) is 4. The van der Waals surface area contributed by atoms with Gasteiger partial charge in [0.25, 0.3) is 0 Å². The highest BCUT2D eigenvalue weighted by Gasteiger charge is 2.50. The van der Waals surface area contributed by atoms with Gasteiger partial charge in [-0.15, -0.1) is 6.42 Å². The third-order valence-corrected chi connectivity index (χ3v) is 11.6. The third-order valence-electron chi connectivity index (χ3n) is 11.6. The molecule has 53 heavy (non-hydrogen) atoms. The van der Waals surface area contributed by atoms with Crippen molar-refractivity contribution in [2.24, 2.45) is 5.41 Å². The van der Waals surface area contributed by atoms with Crippen LogP contribution >= 0.6 is 0 Å². The Bertz CT molecular complexity index is 2090. The molecule has 13 heteroatoms. The molecule has 280 valence electrons. The normalized spacial score (nSPS) is 25.7. The number of pyridine rings is 1. The molecule has 1 aliphatic carbocycles. The van der Waals surface area contributed by atoms with E-state index < -0.39 is 17.2 Å². The number of β-amino-alcohol motifs (C(OH)–C–C–N with tert-alkyl or cyclic N) is 1. The molecular weight excluding hydrogens is 684 g/mol. The first-order valence-corrected chi connectivity index (χ1v) is 18.5. The van der Waals surface area contributed by atoms with Gasteiger partial charge in [-0.05, 0) is 75.6 Å². The predicted molar refractivity (Wildman–Crippen MR) is 195 cm³/mol. The Labute approximate surface area is 307 Å². The first-order chi connectivity index (χ1) is 25.6. The van der Waals surface area contributed by atoms with Crippen LogP contribution in [0, 0.1) is 29.4 Å². The number of phenolic OH excluding ortho intramolecular Hbond substituents is 1. The highest BCUT2D eigenvalue weighted by Crippen LogP contribution is 2.49. The molecule has 1 saturated carbocycles. The van der Waals surface area contributed by atoms with Crippen LogP contribution in [-0.4, -0.2) is 108 Å². The highest BCUT2D eigenvalue weighted by molar-refractivity contribution is 6.04. The van der Waals surface area contributed by atoms with Gasteiger partial charge >= 0.3 is 6.01 Å². The predicted octanol–water partition coefficient (Wildman–Crippen LogP) is 5.60. The summed E-state index contributed by atoms with van der Waals surface area (Å²) in [4.78, 5) is 18.7. The Kier molecular flexibility index (Phi) is 9.51. The molecule has 3 aliphatic heterocycles. The van der Waals surface area contributed by atoms with E-state index in [-0.39, 0.29) is 81.7 Å². The number of likely N-dealkylation sites (tertiary alicyclic amines) is 1. The fourth-order valence-electron chi connectivity index (χ4n) is 9.26. The zero-order chi connectivity index (χ0) is 36.9. The average Bonchev–Trinajstić information content (AvgIpc) is 3.51. The van der Waals surface area contributed by atoms with Crippen molar-refractivity contribution in [2.75, 3.05) is 64.7 Å². The van der Waals surface area contributed by atoms with E-state index in [1.807, 2.05) is 4.90 Å². The molecule has 0 amide bonds. The van der Waals surface area contributed by atoms with Crippen LogP contribution in [0.3, 0.4) is 0 Å². The standard InChI is InChI=1S/C40H45F2N5O6/c1-4-27-29(41)9-8-24-19-26(48)20-28(31(24)27)34-33(42)35-32(37(43-34)50-3)36(46-15-18-52-22-39(2,49)21-46)45-38(44-35)53-23-40-12-5-7-30(40)47(14-6-13-40)25-10-16-51-17-11-25/h1,8-9,19-20,25,30,48-49H,5-7,10-18,21-23H2,2-3H3/t30-,39+,40-/m1/s1. The monoisotopic (exact) mass is 729 g/mol. The van der Waals surface area contributed by atoms with Gasteiger partial charge in [0.1, 0.15) is 39.6 Å². The Morgan fingerprint density at radius 2 is 1.83 bits per heavy atom. The van der Waals surface area contributed by atoms with Crippen LogP contribution in [0.15, 0.2) is 24.3 Å². The maximum Gasteiger partial charge on any atom is 0.319 e. The molecule has 4 fully saturated rings. The van der Waals surface area contributed by atoms with Crippen LogP contribution < -0.4 is 14.4 Å². The van der Waals surface area contributed by atoms with Crippen molar-refractivity contribution in [3.05, 3.63) is 41.5 Å². The summed E-state index contributed by atoms with van der Waals surface area (Å²) in [6.45, 7) is 5.50. The van der Waals surface area contributed by atoms with Crippen LogP contribution in [-0.2, 0) is 9.47 Å². The van der Waals surface area contributed by atoms with Gasteiger partial charge in [0, 0.05) is 48.2 Å². The van der Waals surface area contributed by atoms with E-state index >= 15 is 8.78 Å². The van der Waals surface area contributed by atoms with Gasteiger partial charge in [-0.3, -0.25) is 4.90 Å². The smallest absolute Gasteiger partial charge is 0.319 e. The number of hydrogen-bond donors (Lipinski definition) is 2. The number of piperidine rings is 1. The molecule has 5 heterocycles. The van der Waals surface area contributed by atoms with Gasteiger partial charge in [0.05, 0.1) is 39.0 Å². The van der Waals surface area contributed by atoms with E-state index in [4.69, 9.17) is 35.3 Å². The summed E-state index contributed by atoms with van der Waals surface area (Å²) in [7, 11) is 1.40. The van der Waals surface area contributed by atoms with Crippen molar-refractivity contribution in [3.8, 4) is 41.2 Å². The second-order valence-corrected chi connectivity index (χ2v) is 15.2. The van der Waals surface area contributed by atoms with Crippen molar-refractivity contribution in [3.63, 3.8) is 0 Å². The number of aliphatic hydroxyl groups is 1. The number of halogens is 2.